The fourth-order valence-electron chi connectivity index (χ4n) is 1.69. The van der Waals surface area contributed by atoms with E-state index in [1.165, 1.54) is 31.5 Å². The van der Waals surface area contributed by atoms with Gasteiger partial charge in [-0.2, -0.15) is 0 Å². The van der Waals surface area contributed by atoms with Crippen molar-refractivity contribution < 1.29 is 4.74 Å². The van der Waals surface area contributed by atoms with E-state index < -0.39 is 0 Å². The summed E-state index contributed by atoms with van der Waals surface area (Å²) in [5.74, 6) is 0. The van der Waals surface area contributed by atoms with Gasteiger partial charge in [0, 0.05) is 13.7 Å². The molecule has 2 heteroatoms. The molecule has 0 aromatic heterocycles. The lowest BCUT2D eigenvalue weighted by atomic mass is 10.1. The highest BCUT2D eigenvalue weighted by Gasteiger charge is 1.93. The van der Waals surface area contributed by atoms with Crippen LogP contribution >= 0.6 is 0 Å². The maximum Gasteiger partial charge on any atom is 0.0465 e. The summed E-state index contributed by atoms with van der Waals surface area (Å²) in [6.45, 7) is 7.36. The first-order valence-electron chi connectivity index (χ1n) is 7.17. The van der Waals surface area contributed by atoms with Crippen LogP contribution in [0.3, 0.4) is 0 Å². The number of ether oxygens (including phenoxy) is 1. The minimum absolute atomic E-state index is 0.856. The largest absolute Gasteiger partial charge is 0.385 e. The van der Waals surface area contributed by atoms with E-state index in [2.05, 4.69) is 29.6 Å². The second-order valence-electron chi connectivity index (χ2n) is 4.04. The number of nitrogens with one attached hydrogen (secondary N) is 1. The van der Waals surface area contributed by atoms with Crippen molar-refractivity contribution >= 4 is 0 Å². The second kappa shape index (κ2) is 14.2. The Balaban J connectivity index is 0.000000343. The van der Waals surface area contributed by atoms with E-state index >= 15 is 0 Å². The number of aryl methyl sites for hydroxylation is 1. The van der Waals surface area contributed by atoms with E-state index in [0.29, 0.717) is 0 Å². The maximum atomic E-state index is 4.96. The van der Waals surface area contributed by atoms with Crippen LogP contribution < -0.4 is 5.32 Å². The number of hydrogen-bond acceptors (Lipinski definition) is 2. The third-order valence-electron chi connectivity index (χ3n) is 2.61. The zero-order valence-electron chi connectivity index (χ0n) is 12.2. The predicted molar refractivity (Wildman–Crippen MR) is 80.1 cm³/mol. The Hall–Kier alpha value is -0.860. The van der Waals surface area contributed by atoms with Gasteiger partial charge >= 0.3 is 0 Å². The average Bonchev–Trinajstić information content (AvgIpc) is 3.02. The molecule has 0 spiro atoms. The molecule has 1 aromatic carbocycles. The van der Waals surface area contributed by atoms with Crippen molar-refractivity contribution in [1.29, 1.82) is 0 Å². The van der Waals surface area contributed by atoms with Gasteiger partial charge in [0.15, 0.2) is 0 Å². The first kappa shape index (κ1) is 17.1. The molecule has 0 radical (unpaired) electrons. The van der Waals surface area contributed by atoms with E-state index in [1.807, 2.05) is 19.9 Å². The van der Waals surface area contributed by atoms with Gasteiger partial charge in [0.2, 0.25) is 0 Å². The summed E-state index contributed by atoms with van der Waals surface area (Å²) in [7, 11) is 1.74. The van der Waals surface area contributed by atoms with Gasteiger partial charge < -0.3 is 10.1 Å². The Kier molecular flexibility index (Phi) is 13.5. The molecule has 0 unspecified atom stereocenters. The molecule has 1 fully saturated rings. The third kappa shape index (κ3) is 10.3. The van der Waals surface area contributed by atoms with Crippen LogP contribution in [0.5, 0.6) is 0 Å². The van der Waals surface area contributed by atoms with Gasteiger partial charge in [0.25, 0.3) is 0 Å². The average molecular weight is 251 g/mol. The SMILES string of the molecule is C1CCNC1.CC.COCCCc1ccccc1. The molecule has 0 amide bonds. The zero-order valence-corrected chi connectivity index (χ0v) is 12.2. The van der Waals surface area contributed by atoms with Gasteiger partial charge in [-0.15, -0.1) is 0 Å². The molecule has 1 aliphatic heterocycles. The summed E-state index contributed by atoms with van der Waals surface area (Å²) < 4.78 is 4.96. The summed E-state index contributed by atoms with van der Waals surface area (Å²) in [5, 5.41) is 3.22. The van der Waals surface area contributed by atoms with Gasteiger partial charge in [-0.1, -0.05) is 44.2 Å². The Morgan fingerprint density at radius 1 is 1.06 bits per heavy atom. The van der Waals surface area contributed by atoms with Crippen LogP contribution in [-0.2, 0) is 11.2 Å². The summed E-state index contributed by atoms with van der Waals surface area (Å²) in [5.41, 5.74) is 1.39. The van der Waals surface area contributed by atoms with Gasteiger partial charge in [0.05, 0.1) is 0 Å². The van der Waals surface area contributed by atoms with Crippen molar-refractivity contribution in [3.05, 3.63) is 35.9 Å². The number of rotatable bonds is 4. The van der Waals surface area contributed by atoms with Crippen molar-refractivity contribution in [1.82, 2.24) is 5.32 Å². The van der Waals surface area contributed by atoms with E-state index in [9.17, 15) is 0 Å². The molecule has 104 valence electrons. The monoisotopic (exact) mass is 251 g/mol. The van der Waals surface area contributed by atoms with Crippen LogP contribution in [0.1, 0.15) is 38.7 Å². The molecule has 1 heterocycles. The molecule has 1 N–H and O–H groups in total. The molecular weight excluding hydrogens is 222 g/mol. The minimum Gasteiger partial charge on any atom is -0.385 e. The zero-order chi connectivity index (χ0) is 13.5. The number of benzene rings is 1. The highest BCUT2D eigenvalue weighted by Crippen LogP contribution is 2.01. The van der Waals surface area contributed by atoms with E-state index in [4.69, 9.17) is 4.74 Å². The van der Waals surface area contributed by atoms with Gasteiger partial charge in [-0.3, -0.25) is 0 Å². The Labute approximate surface area is 113 Å². The molecule has 1 saturated heterocycles. The third-order valence-corrected chi connectivity index (χ3v) is 2.61. The molecule has 18 heavy (non-hydrogen) atoms. The Morgan fingerprint density at radius 2 is 1.67 bits per heavy atom. The molecule has 1 aromatic rings. The van der Waals surface area contributed by atoms with E-state index in [1.54, 1.807) is 7.11 Å². The molecule has 2 rings (SSSR count). The highest BCUT2D eigenvalue weighted by atomic mass is 16.5. The lowest BCUT2D eigenvalue weighted by Gasteiger charge is -1.98. The number of methoxy groups -OCH3 is 1. The lowest BCUT2D eigenvalue weighted by Crippen LogP contribution is -2.03. The topological polar surface area (TPSA) is 21.3 Å². The molecule has 0 saturated carbocycles. The standard InChI is InChI=1S/C10H14O.C4H9N.C2H6/c1-11-9-5-8-10-6-3-2-4-7-10;1-2-4-5-3-1;1-2/h2-4,6-7H,5,8-9H2,1H3;5H,1-4H2;1-2H3. The van der Waals surface area contributed by atoms with Crippen molar-refractivity contribution in [3.63, 3.8) is 0 Å². The molecule has 2 nitrogen and oxygen atoms in total. The smallest absolute Gasteiger partial charge is 0.0465 e. The fourth-order valence-corrected chi connectivity index (χ4v) is 1.69. The molecule has 0 bridgehead atoms. The van der Waals surface area contributed by atoms with Crippen molar-refractivity contribution in [2.24, 2.45) is 0 Å². The number of hydrogen-bond donors (Lipinski definition) is 1. The lowest BCUT2D eigenvalue weighted by molar-refractivity contribution is 0.195. The normalized spacial score (nSPS) is 13.1. The van der Waals surface area contributed by atoms with Gasteiger partial charge in [0.1, 0.15) is 0 Å². The van der Waals surface area contributed by atoms with Crippen LogP contribution in [0.15, 0.2) is 30.3 Å². The maximum absolute atomic E-state index is 4.96. The summed E-state index contributed by atoms with van der Waals surface area (Å²) in [4.78, 5) is 0. The molecule has 0 atom stereocenters. The van der Waals surface area contributed by atoms with Gasteiger partial charge in [-0.05, 0) is 44.3 Å². The fraction of sp³-hybridized carbons (Fsp3) is 0.625. The molecular formula is C16H29NO. The van der Waals surface area contributed by atoms with E-state index in [-0.39, 0.29) is 0 Å². The van der Waals surface area contributed by atoms with E-state index in [0.717, 1.165) is 19.4 Å². The van der Waals surface area contributed by atoms with Crippen LogP contribution in [0.2, 0.25) is 0 Å². The predicted octanol–water partition coefficient (Wildman–Crippen LogP) is 3.66. The summed E-state index contributed by atoms with van der Waals surface area (Å²) >= 11 is 0. The van der Waals surface area contributed by atoms with Crippen LogP contribution in [0.4, 0.5) is 0 Å². The second-order valence-corrected chi connectivity index (χ2v) is 4.04. The van der Waals surface area contributed by atoms with Crippen LogP contribution in [0, 0.1) is 0 Å². The summed E-state index contributed by atoms with van der Waals surface area (Å²) in [6, 6.07) is 10.5. The van der Waals surface area contributed by atoms with Gasteiger partial charge in [-0.25, -0.2) is 0 Å². The first-order valence-corrected chi connectivity index (χ1v) is 7.17. The van der Waals surface area contributed by atoms with Crippen molar-refractivity contribution in [2.75, 3.05) is 26.8 Å². The molecule has 1 aliphatic rings. The minimum atomic E-state index is 0.856. The summed E-state index contributed by atoms with van der Waals surface area (Å²) in [6.07, 6.45) is 5.01. The van der Waals surface area contributed by atoms with Crippen LogP contribution in [-0.4, -0.2) is 26.8 Å². The molecule has 0 aliphatic carbocycles. The van der Waals surface area contributed by atoms with Crippen molar-refractivity contribution in [2.45, 2.75) is 39.5 Å². The Morgan fingerprint density at radius 3 is 2.11 bits per heavy atom. The Bertz CT molecular complexity index is 237. The quantitative estimate of drug-likeness (QED) is 0.825. The first-order chi connectivity index (χ1) is 8.93. The van der Waals surface area contributed by atoms with Crippen LogP contribution in [0.25, 0.3) is 0 Å². The van der Waals surface area contributed by atoms with Crippen molar-refractivity contribution in [3.8, 4) is 0 Å². The highest BCUT2D eigenvalue weighted by molar-refractivity contribution is 5.14.